The Hall–Kier alpha value is -1.47. The van der Waals surface area contributed by atoms with Gasteiger partial charge in [0.05, 0.1) is 46.2 Å². The third kappa shape index (κ3) is 16.0. The summed E-state index contributed by atoms with van der Waals surface area (Å²) in [6.45, 7) is 14.6. The number of amides is 1. The van der Waals surface area contributed by atoms with Crippen LogP contribution in [-0.2, 0) is 23.7 Å². The Morgan fingerprint density at radius 3 is 1.81 bits per heavy atom. The topological polar surface area (TPSA) is 66.0 Å². The first-order chi connectivity index (χ1) is 12.6. The average molecular weight is 370 g/mol. The molecule has 0 aliphatic rings. The van der Waals surface area contributed by atoms with Crippen LogP contribution in [-0.4, -0.2) is 65.3 Å². The summed E-state index contributed by atoms with van der Waals surface area (Å²) < 4.78 is 21.5. The Morgan fingerprint density at radius 2 is 1.35 bits per heavy atom. The average Bonchev–Trinajstić information content (AvgIpc) is 2.62. The van der Waals surface area contributed by atoms with Crippen LogP contribution in [0.15, 0.2) is 36.0 Å². The zero-order valence-electron chi connectivity index (χ0n) is 16.6. The molecular formula is C20H35NO5. The van der Waals surface area contributed by atoms with E-state index >= 15 is 0 Å². The molecule has 1 N–H and O–H groups in total. The third-order valence-corrected chi connectivity index (χ3v) is 3.07. The number of carbonyl (C=O) groups excluding carboxylic acids is 1. The fraction of sp³-hybridized carbons (Fsp3) is 0.650. The van der Waals surface area contributed by atoms with Crippen LogP contribution in [0.1, 0.15) is 27.2 Å². The van der Waals surface area contributed by atoms with Crippen LogP contribution in [0.25, 0.3) is 0 Å². The van der Waals surface area contributed by atoms with Crippen LogP contribution in [0, 0.1) is 0 Å². The molecule has 0 bridgehead atoms. The molecule has 0 radical (unpaired) electrons. The van der Waals surface area contributed by atoms with Gasteiger partial charge in [0.1, 0.15) is 0 Å². The first-order valence-electron chi connectivity index (χ1n) is 9.18. The summed E-state index contributed by atoms with van der Waals surface area (Å²) in [6, 6.07) is 0. The van der Waals surface area contributed by atoms with Gasteiger partial charge < -0.3 is 24.3 Å². The van der Waals surface area contributed by atoms with Gasteiger partial charge in [-0.1, -0.05) is 31.2 Å². The maximum Gasteiger partial charge on any atom is 0.251 e. The van der Waals surface area contributed by atoms with Crippen molar-refractivity contribution in [3.05, 3.63) is 36.0 Å². The van der Waals surface area contributed by atoms with Crippen molar-refractivity contribution in [2.75, 3.05) is 59.4 Å². The van der Waals surface area contributed by atoms with Crippen molar-refractivity contribution in [2.24, 2.45) is 0 Å². The highest BCUT2D eigenvalue weighted by molar-refractivity contribution is 5.96. The molecule has 0 aromatic rings. The zero-order chi connectivity index (χ0) is 19.5. The fourth-order valence-corrected chi connectivity index (χ4v) is 1.74. The Labute approximate surface area is 158 Å². The van der Waals surface area contributed by atoms with Gasteiger partial charge in [0, 0.05) is 18.7 Å². The van der Waals surface area contributed by atoms with E-state index in [0.29, 0.717) is 58.4 Å². The van der Waals surface area contributed by atoms with Gasteiger partial charge in [0.2, 0.25) is 0 Å². The van der Waals surface area contributed by atoms with E-state index < -0.39 is 0 Å². The molecule has 0 aliphatic carbocycles. The van der Waals surface area contributed by atoms with E-state index in [0.717, 1.165) is 18.6 Å². The number of nitrogens with one attached hydrogen (secondary N) is 1. The zero-order valence-corrected chi connectivity index (χ0v) is 16.6. The predicted octanol–water partition coefficient (Wildman–Crippen LogP) is 2.66. The maximum atomic E-state index is 11.9. The van der Waals surface area contributed by atoms with Crippen molar-refractivity contribution in [2.45, 2.75) is 27.2 Å². The first kappa shape index (κ1) is 24.5. The van der Waals surface area contributed by atoms with E-state index in [1.54, 1.807) is 12.2 Å². The molecule has 26 heavy (non-hydrogen) atoms. The van der Waals surface area contributed by atoms with Crippen LogP contribution in [0.5, 0.6) is 0 Å². The molecule has 1 amide bonds. The molecule has 0 aliphatic heterocycles. The largest absolute Gasteiger partial charge is 0.379 e. The van der Waals surface area contributed by atoms with Gasteiger partial charge >= 0.3 is 0 Å². The van der Waals surface area contributed by atoms with Gasteiger partial charge in [0.15, 0.2) is 0 Å². The van der Waals surface area contributed by atoms with E-state index in [2.05, 4.69) is 18.8 Å². The molecule has 6 nitrogen and oxygen atoms in total. The van der Waals surface area contributed by atoms with E-state index in [-0.39, 0.29) is 5.91 Å². The maximum absolute atomic E-state index is 11.9. The molecule has 0 spiro atoms. The number of hydrogen-bond donors (Lipinski definition) is 1. The molecule has 0 aromatic heterocycles. The summed E-state index contributed by atoms with van der Waals surface area (Å²) in [5, 5.41) is 2.79. The van der Waals surface area contributed by atoms with Crippen LogP contribution in [0.2, 0.25) is 0 Å². The molecule has 150 valence electrons. The smallest absolute Gasteiger partial charge is 0.251 e. The molecule has 0 rings (SSSR count). The second kappa shape index (κ2) is 18.3. The Balaban J connectivity index is 3.48. The highest BCUT2D eigenvalue weighted by Gasteiger charge is 2.03. The summed E-state index contributed by atoms with van der Waals surface area (Å²) in [5.41, 5.74) is 1.66. The van der Waals surface area contributed by atoms with Crippen LogP contribution >= 0.6 is 0 Å². The number of rotatable bonds is 17. The molecule has 0 fully saturated rings. The molecule has 0 saturated heterocycles. The molecule has 0 heterocycles. The Kier molecular flexibility index (Phi) is 17.3. The van der Waals surface area contributed by atoms with Gasteiger partial charge in [-0.3, -0.25) is 4.79 Å². The second-order valence-electron chi connectivity index (χ2n) is 5.78. The SMILES string of the molecule is C=C/C(=C\C=C(C)C)C(=O)NCCOCCOCCOCCOCCC. The van der Waals surface area contributed by atoms with Crippen molar-refractivity contribution in [3.63, 3.8) is 0 Å². The van der Waals surface area contributed by atoms with Crippen molar-refractivity contribution in [1.82, 2.24) is 5.32 Å². The Bertz CT molecular complexity index is 428. The summed E-state index contributed by atoms with van der Waals surface area (Å²) in [6.07, 6.45) is 6.20. The lowest BCUT2D eigenvalue weighted by molar-refractivity contribution is -0.117. The number of hydrogen-bond acceptors (Lipinski definition) is 5. The molecule has 0 aromatic carbocycles. The van der Waals surface area contributed by atoms with E-state index in [1.165, 1.54) is 0 Å². The minimum absolute atomic E-state index is 0.155. The van der Waals surface area contributed by atoms with Gasteiger partial charge in [-0.25, -0.2) is 0 Å². The lowest BCUT2D eigenvalue weighted by Gasteiger charge is -2.08. The molecule has 0 unspecified atom stereocenters. The lowest BCUT2D eigenvalue weighted by atomic mass is 10.2. The quantitative estimate of drug-likeness (QED) is 0.243. The Morgan fingerprint density at radius 1 is 0.846 bits per heavy atom. The number of allylic oxidation sites excluding steroid dienone is 3. The van der Waals surface area contributed by atoms with Crippen molar-refractivity contribution < 1.29 is 23.7 Å². The summed E-state index contributed by atoms with van der Waals surface area (Å²) in [4.78, 5) is 11.9. The van der Waals surface area contributed by atoms with Crippen LogP contribution < -0.4 is 5.32 Å². The normalized spacial score (nSPS) is 11.3. The third-order valence-electron chi connectivity index (χ3n) is 3.07. The molecular weight excluding hydrogens is 334 g/mol. The monoisotopic (exact) mass is 369 g/mol. The minimum atomic E-state index is -0.155. The molecule has 0 atom stereocenters. The molecule has 0 saturated carbocycles. The molecule has 6 heteroatoms. The van der Waals surface area contributed by atoms with Crippen LogP contribution in [0.3, 0.4) is 0 Å². The minimum Gasteiger partial charge on any atom is -0.379 e. The van der Waals surface area contributed by atoms with Crippen LogP contribution in [0.4, 0.5) is 0 Å². The first-order valence-corrected chi connectivity index (χ1v) is 9.18. The van der Waals surface area contributed by atoms with E-state index in [4.69, 9.17) is 18.9 Å². The summed E-state index contributed by atoms with van der Waals surface area (Å²) in [5.74, 6) is -0.155. The predicted molar refractivity (Wildman–Crippen MR) is 104 cm³/mol. The fourth-order valence-electron chi connectivity index (χ4n) is 1.74. The second-order valence-corrected chi connectivity index (χ2v) is 5.78. The van der Waals surface area contributed by atoms with E-state index in [9.17, 15) is 4.79 Å². The summed E-state index contributed by atoms with van der Waals surface area (Å²) in [7, 11) is 0. The number of carbonyl (C=O) groups is 1. The highest BCUT2D eigenvalue weighted by Crippen LogP contribution is 1.99. The van der Waals surface area contributed by atoms with E-state index in [1.807, 2.05) is 19.9 Å². The summed E-state index contributed by atoms with van der Waals surface area (Å²) >= 11 is 0. The van der Waals surface area contributed by atoms with Gasteiger partial charge in [0.25, 0.3) is 5.91 Å². The van der Waals surface area contributed by atoms with Gasteiger partial charge in [-0.2, -0.15) is 0 Å². The highest BCUT2D eigenvalue weighted by atomic mass is 16.6. The number of ether oxygens (including phenoxy) is 4. The van der Waals surface area contributed by atoms with Crippen molar-refractivity contribution in [3.8, 4) is 0 Å². The van der Waals surface area contributed by atoms with Gasteiger partial charge in [-0.05, 0) is 26.3 Å². The van der Waals surface area contributed by atoms with Gasteiger partial charge in [-0.15, -0.1) is 0 Å². The van der Waals surface area contributed by atoms with Crippen molar-refractivity contribution >= 4 is 5.91 Å². The van der Waals surface area contributed by atoms with Crippen molar-refractivity contribution in [1.29, 1.82) is 0 Å². The lowest BCUT2D eigenvalue weighted by Crippen LogP contribution is -2.28. The standard InChI is InChI=1S/C20H35NO5/c1-5-10-23-12-14-25-16-17-26-15-13-24-11-9-21-20(22)19(6-2)8-7-18(3)4/h6-8H,2,5,9-17H2,1,3-4H3,(H,21,22)/b19-8+.